The van der Waals surface area contributed by atoms with Crippen LogP contribution in [0, 0.1) is 0 Å². The molecule has 46 heavy (non-hydrogen) atoms. The van der Waals surface area contributed by atoms with Crippen LogP contribution in [0.5, 0.6) is 0 Å². The molecule has 2 unspecified atom stereocenters. The standard InChI is InChI=1S/C45H35N/c1-45(2)41-29-32(35-27-33(30-14-6-3-7-15-30)26-34(28-35)31-16-8-4-9-17-31)22-23-37(41)39-24-25-40-38-20-12-13-21-42(38)46(44(40)43(39)45)36-18-10-5-11-19-36/h3-29,38,42H,1-2H3. The van der Waals surface area contributed by atoms with E-state index in [1.54, 1.807) is 0 Å². The third kappa shape index (κ3) is 4.08. The highest BCUT2D eigenvalue weighted by Crippen LogP contribution is 2.59. The maximum atomic E-state index is 2.60. The van der Waals surface area contributed by atoms with Gasteiger partial charge in [-0.2, -0.15) is 0 Å². The molecule has 9 rings (SSSR count). The molecule has 0 aromatic heterocycles. The highest BCUT2D eigenvalue weighted by molar-refractivity contribution is 5.93. The van der Waals surface area contributed by atoms with Gasteiger partial charge in [0.15, 0.2) is 0 Å². The monoisotopic (exact) mass is 589 g/mol. The number of anilines is 2. The summed E-state index contributed by atoms with van der Waals surface area (Å²) < 4.78 is 0. The van der Waals surface area contributed by atoms with Gasteiger partial charge in [0.2, 0.25) is 0 Å². The maximum Gasteiger partial charge on any atom is 0.0629 e. The summed E-state index contributed by atoms with van der Waals surface area (Å²) >= 11 is 0. The summed E-state index contributed by atoms with van der Waals surface area (Å²) in [5.74, 6) is 0.345. The van der Waals surface area contributed by atoms with Gasteiger partial charge in [-0.15, -0.1) is 0 Å². The van der Waals surface area contributed by atoms with Crippen molar-refractivity contribution >= 4 is 11.4 Å². The van der Waals surface area contributed by atoms with Crippen molar-refractivity contribution in [2.75, 3.05) is 4.90 Å². The molecule has 2 atom stereocenters. The second-order valence-corrected chi connectivity index (χ2v) is 13.3. The second kappa shape index (κ2) is 10.3. The first kappa shape index (κ1) is 27.0. The van der Waals surface area contributed by atoms with Crippen molar-refractivity contribution in [2.24, 2.45) is 0 Å². The SMILES string of the molecule is CC1(C)c2cc(-c3cc(-c4ccccc4)cc(-c4ccccc4)c3)ccc2-c2ccc3c(c21)N(c1ccccc1)C1C=CC=CC31. The van der Waals surface area contributed by atoms with Crippen molar-refractivity contribution < 1.29 is 0 Å². The molecule has 6 aromatic carbocycles. The molecule has 1 heterocycles. The Balaban J connectivity index is 1.21. The molecule has 220 valence electrons. The first-order valence-corrected chi connectivity index (χ1v) is 16.4. The van der Waals surface area contributed by atoms with Crippen molar-refractivity contribution in [3.63, 3.8) is 0 Å². The smallest absolute Gasteiger partial charge is 0.0629 e. The van der Waals surface area contributed by atoms with Gasteiger partial charge in [0.05, 0.1) is 11.7 Å². The molecule has 0 saturated heterocycles. The molecule has 3 aliphatic rings. The Morgan fingerprint density at radius 3 is 1.72 bits per heavy atom. The van der Waals surface area contributed by atoms with E-state index in [0.29, 0.717) is 5.92 Å². The minimum absolute atomic E-state index is 0.167. The number of rotatable bonds is 4. The molecule has 0 radical (unpaired) electrons. The zero-order chi connectivity index (χ0) is 30.8. The number of benzene rings is 6. The molecule has 0 saturated carbocycles. The van der Waals surface area contributed by atoms with Gasteiger partial charge in [-0.1, -0.05) is 141 Å². The zero-order valence-electron chi connectivity index (χ0n) is 26.2. The van der Waals surface area contributed by atoms with Crippen LogP contribution >= 0.6 is 0 Å². The Labute approximate surface area is 271 Å². The number of nitrogens with zero attached hydrogens (tertiary/aromatic N) is 1. The minimum Gasteiger partial charge on any atom is -0.333 e. The van der Waals surface area contributed by atoms with E-state index < -0.39 is 0 Å². The molecule has 1 aliphatic heterocycles. The van der Waals surface area contributed by atoms with E-state index in [-0.39, 0.29) is 11.5 Å². The Morgan fingerprint density at radius 1 is 0.500 bits per heavy atom. The summed E-state index contributed by atoms with van der Waals surface area (Å²) in [6.45, 7) is 4.85. The summed E-state index contributed by atoms with van der Waals surface area (Å²) in [6.07, 6.45) is 9.19. The van der Waals surface area contributed by atoms with E-state index in [4.69, 9.17) is 0 Å². The number of fused-ring (bicyclic) bond motifs is 7. The first-order valence-electron chi connectivity index (χ1n) is 16.4. The van der Waals surface area contributed by atoms with E-state index in [0.717, 1.165) is 0 Å². The van der Waals surface area contributed by atoms with E-state index in [9.17, 15) is 0 Å². The fourth-order valence-corrected chi connectivity index (χ4v) is 8.16. The zero-order valence-corrected chi connectivity index (χ0v) is 26.2. The Kier molecular flexibility index (Phi) is 6.05. The maximum absolute atomic E-state index is 2.60. The first-order chi connectivity index (χ1) is 22.6. The van der Waals surface area contributed by atoms with Gasteiger partial charge in [0.25, 0.3) is 0 Å². The van der Waals surface area contributed by atoms with Crippen molar-refractivity contribution in [1.29, 1.82) is 0 Å². The highest BCUT2D eigenvalue weighted by Gasteiger charge is 2.46. The molecule has 0 spiro atoms. The van der Waals surface area contributed by atoms with Crippen LogP contribution in [0.1, 0.15) is 36.5 Å². The number of allylic oxidation sites excluding steroid dienone is 2. The molecule has 0 N–H and O–H groups in total. The fraction of sp³-hybridized carbons (Fsp3) is 0.111. The summed E-state index contributed by atoms with van der Waals surface area (Å²) in [5.41, 5.74) is 16.9. The van der Waals surface area contributed by atoms with E-state index in [1.165, 1.54) is 72.6 Å². The van der Waals surface area contributed by atoms with Gasteiger partial charge in [-0.3, -0.25) is 0 Å². The summed E-state index contributed by atoms with van der Waals surface area (Å²) in [7, 11) is 0. The quantitative estimate of drug-likeness (QED) is 0.198. The Hall–Kier alpha value is -5.40. The fourth-order valence-electron chi connectivity index (χ4n) is 8.16. The van der Waals surface area contributed by atoms with Gasteiger partial charge < -0.3 is 4.90 Å². The molecule has 1 nitrogen and oxygen atoms in total. The average molecular weight is 590 g/mol. The molecule has 0 amide bonds. The Bertz CT molecular complexity index is 2110. The summed E-state index contributed by atoms with van der Waals surface area (Å²) in [4.78, 5) is 2.60. The molecular weight excluding hydrogens is 555 g/mol. The average Bonchev–Trinajstić information content (AvgIpc) is 3.57. The third-order valence-electron chi connectivity index (χ3n) is 10.3. The van der Waals surface area contributed by atoms with Gasteiger partial charge in [-0.05, 0) is 97.6 Å². The Morgan fingerprint density at radius 2 is 1.07 bits per heavy atom. The van der Waals surface area contributed by atoms with Gasteiger partial charge in [0.1, 0.15) is 0 Å². The van der Waals surface area contributed by atoms with Crippen molar-refractivity contribution in [1.82, 2.24) is 0 Å². The molecule has 1 heteroatoms. The van der Waals surface area contributed by atoms with Crippen molar-refractivity contribution in [3.05, 3.63) is 181 Å². The number of hydrogen-bond acceptors (Lipinski definition) is 1. The number of hydrogen-bond donors (Lipinski definition) is 0. The molecule has 2 aliphatic carbocycles. The summed E-state index contributed by atoms with van der Waals surface area (Å²) in [6, 6.07) is 51.7. The molecule has 6 aromatic rings. The van der Waals surface area contributed by atoms with Crippen LogP contribution < -0.4 is 4.90 Å². The van der Waals surface area contributed by atoms with E-state index >= 15 is 0 Å². The van der Waals surface area contributed by atoms with Crippen molar-refractivity contribution in [2.45, 2.75) is 31.2 Å². The third-order valence-corrected chi connectivity index (χ3v) is 10.3. The largest absolute Gasteiger partial charge is 0.333 e. The van der Waals surface area contributed by atoms with E-state index in [1.807, 2.05) is 0 Å². The van der Waals surface area contributed by atoms with Crippen LogP contribution in [-0.4, -0.2) is 6.04 Å². The normalized spacial score (nSPS) is 18.2. The molecule has 0 bridgehead atoms. The topological polar surface area (TPSA) is 3.24 Å². The lowest BCUT2D eigenvalue weighted by Crippen LogP contribution is -2.30. The lowest BCUT2D eigenvalue weighted by atomic mass is 9.79. The van der Waals surface area contributed by atoms with Gasteiger partial charge >= 0.3 is 0 Å². The lowest BCUT2D eigenvalue weighted by molar-refractivity contribution is 0.659. The second-order valence-electron chi connectivity index (χ2n) is 13.3. The molecular formula is C45H35N. The van der Waals surface area contributed by atoms with Crippen LogP contribution in [0.3, 0.4) is 0 Å². The van der Waals surface area contributed by atoms with Crippen LogP contribution in [0.25, 0.3) is 44.5 Å². The number of para-hydroxylation sites is 1. The van der Waals surface area contributed by atoms with Gasteiger partial charge in [-0.25, -0.2) is 0 Å². The predicted molar refractivity (Wildman–Crippen MR) is 194 cm³/mol. The summed E-state index contributed by atoms with van der Waals surface area (Å²) in [5, 5.41) is 0. The van der Waals surface area contributed by atoms with Crippen LogP contribution in [0.2, 0.25) is 0 Å². The predicted octanol–water partition coefficient (Wildman–Crippen LogP) is 11.7. The minimum atomic E-state index is -0.167. The highest BCUT2D eigenvalue weighted by atomic mass is 15.2. The van der Waals surface area contributed by atoms with Gasteiger partial charge in [0, 0.05) is 17.0 Å². The lowest BCUT2D eigenvalue weighted by Gasteiger charge is -2.32. The van der Waals surface area contributed by atoms with Crippen LogP contribution in [0.15, 0.2) is 164 Å². The van der Waals surface area contributed by atoms with Crippen LogP contribution in [0.4, 0.5) is 11.4 Å². The van der Waals surface area contributed by atoms with Crippen LogP contribution in [-0.2, 0) is 5.41 Å². The van der Waals surface area contributed by atoms with E-state index in [2.05, 4.69) is 183 Å². The van der Waals surface area contributed by atoms with Crippen molar-refractivity contribution in [3.8, 4) is 44.5 Å². The molecule has 0 fully saturated rings.